The minimum absolute atomic E-state index is 0.207. The maximum Gasteiger partial charge on any atom is 0.299 e. The number of aryl methyl sites for hydroxylation is 1. The van der Waals surface area contributed by atoms with Crippen LogP contribution in [0.15, 0.2) is 16.9 Å². The van der Waals surface area contributed by atoms with Crippen LogP contribution in [0.25, 0.3) is 5.65 Å². The molecule has 0 fully saturated rings. The third-order valence-electron chi connectivity index (χ3n) is 3.90. The van der Waals surface area contributed by atoms with Gasteiger partial charge < -0.3 is 5.32 Å². The molecule has 0 saturated carbocycles. The molecule has 3 aromatic heterocycles. The number of aromatic amines is 1. The molecule has 0 bridgehead atoms. The maximum absolute atomic E-state index is 12.9. The van der Waals surface area contributed by atoms with Gasteiger partial charge in [-0.15, -0.1) is 15.3 Å². The van der Waals surface area contributed by atoms with Gasteiger partial charge in [0, 0.05) is 12.1 Å². The molecule has 0 aliphatic rings. The molecule has 3 aromatic rings. The molecule has 0 atom stereocenters. The molecule has 3 heterocycles. The molecule has 3 rings (SSSR count). The first kappa shape index (κ1) is 16.9. The van der Waals surface area contributed by atoms with E-state index in [4.69, 9.17) is 0 Å². The van der Waals surface area contributed by atoms with Crippen molar-refractivity contribution in [2.45, 2.75) is 39.7 Å². The number of anilines is 1. The predicted octanol–water partition coefficient (Wildman–Crippen LogP) is 1.88. The Hall–Kier alpha value is -2.91. The molecule has 8 nitrogen and oxygen atoms in total. The van der Waals surface area contributed by atoms with Gasteiger partial charge in [-0.2, -0.15) is 9.61 Å². The van der Waals surface area contributed by atoms with Crippen molar-refractivity contribution in [1.82, 2.24) is 30.0 Å². The normalized spacial score (nSPS) is 11.4. The summed E-state index contributed by atoms with van der Waals surface area (Å²) in [5.74, 6) is -0.187. The van der Waals surface area contributed by atoms with Crippen molar-refractivity contribution in [3.8, 4) is 0 Å². The summed E-state index contributed by atoms with van der Waals surface area (Å²) in [6.45, 7) is 4.12. The van der Waals surface area contributed by atoms with E-state index >= 15 is 0 Å². The summed E-state index contributed by atoms with van der Waals surface area (Å²) in [5, 5.41) is 20.7. The highest BCUT2D eigenvalue weighted by atomic mass is 19.3. The summed E-state index contributed by atoms with van der Waals surface area (Å²) in [7, 11) is 0. The van der Waals surface area contributed by atoms with E-state index in [1.807, 2.05) is 13.8 Å². The lowest BCUT2D eigenvalue weighted by molar-refractivity contribution is 0.137. The summed E-state index contributed by atoms with van der Waals surface area (Å²) in [5.41, 5.74) is 2.23. The summed E-state index contributed by atoms with van der Waals surface area (Å²) in [4.78, 5) is 12.1. The maximum atomic E-state index is 12.9. The Labute approximate surface area is 141 Å². The Morgan fingerprint density at radius 3 is 2.68 bits per heavy atom. The molecule has 0 unspecified atom stereocenters. The Morgan fingerprint density at radius 1 is 1.20 bits per heavy atom. The minimum atomic E-state index is -2.78. The molecule has 0 radical (unpaired) electrons. The highest BCUT2D eigenvalue weighted by Gasteiger charge is 2.17. The molecule has 0 aliphatic heterocycles. The van der Waals surface area contributed by atoms with Crippen molar-refractivity contribution < 1.29 is 8.78 Å². The van der Waals surface area contributed by atoms with Crippen LogP contribution in [0.4, 0.5) is 14.6 Å². The van der Waals surface area contributed by atoms with Crippen LogP contribution < -0.4 is 10.9 Å². The number of aromatic nitrogens is 6. The number of nitrogens with zero attached hydrogens (tertiary/aromatic N) is 5. The third-order valence-corrected chi connectivity index (χ3v) is 3.90. The van der Waals surface area contributed by atoms with Gasteiger partial charge in [0.05, 0.1) is 5.69 Å². The zero-order chi connectivity index (χ0) is 18.0. The number of rotatable bonds is 6. The van der Waals surface area contributed by atoms with E-state index in [0.717, 1.165) is 15.8 Å². The number of hydrogen-bond donors (Lipinski definition) is 2. The van der Waals surface area contributed by atoms with Crippen LogP contribution in [0.3, 0.4) is 0 Å². The second kappa shape index (κ2) is 6.91. The van der Waals surface area contributed by atoms with Crippen LogP contribution >= 0.6 is 0 Å². The number of nitrogens with one attached hydrogen (secondary N) is 2. The molecule has 0 amide bonds. The second-order valence-electron chi connectivity index (χ2n) is 5.36. The fourth-order valence-electron chi connectivity index (χ4n) is 2.68. The van der Waals surface area contributed by atoms with Crippen molar-refractivity contribution in [2.75, 3.05) is 5.32 Å². The van der Waals surface area contributed by atoms with Gasteiger partial charge in [-0.1, -0.05) is 13.8 Å². The van der Waals surface area contributed by atoms with E-state index in [2.05, 4.69) is 30.8 Å². The fraction of sp³-hybridized carbons (Fsp3) is 0.400. The first-order chi connectivity index (χ1) is 12.0. The Kier molecular flexibility index (Phi) is 4.68. The highest BCUT2D eigenvalue weighted by molar-refractivity contribution is 5.44. The first-order valence-electron chi connectivity index (χ1n) is 7.88. The zero-order valence-electron chi connectivity index (χ0n) is 13.8. The Balaban J connectivity index is 1.90. The van der Waals surface area contributed by atoms with Gasteiger partial charge in [-0.25, -0.2) is 13.9 Å². The van der Waals surface area contributed by atoms with E-state index in [0.29, 0.717) is 24.2 Å². The van der Waals surface area contributed by atoms with E-state index in [1.165, 1.54) is 6.07 Å². The number of halogens is 2. The van der Waals surface area contributed by atoms with Gasteiger partial charge in [0.25, 0.3) is 12.0 Å². The SMILES string of the molecule is CCc1n[nH]c(=O)c(CNc2ccc3nnc(C(F)F)n3n2)c1CC. The predicted molar refractivity (Wildman–Crippen MR) is 86.7 cm³/mol. The third kappa shape index (κ3) is 3.19. The second-order valence-corrected chi connectivity index (χ2v) is 5.36. The lowest BCUT2D eigenvalue weighted by Crippen LogP contribution is -2.22. The molecule has 25 heavy (non-hydrogen) atoms. The molecular formula is C15H17F2N7O. The molecule has 10 heteroatoms. The van der Waals surface area contributed by atoms with Gasteiger partial charge in [0.15, 0.2) is 5.65 Å². The number of fused-ring (bicyclic) bond motifs is 1. The smallest absolute Gasteiger partial charge is 0.299 e. The standard InChI is InChI=1S/C15H17F2N7O/c1-3-8-9(15(25)22-19-10(8)4-2)7-18-11-5-6-12-20-21-14(13(16)17)24(12)23-11/h5-6,13H,3-4,7H2,1-2H3,(H,18,23)(H,22,25). The Bertz CT molecular complexity index is 951. The zero-order valence-corrected chi connectivity index (χ0v) is 13.8. The monoisotopic (exact) mass is 349 g/mol. The van der Waals surface area contributed by atoms with Gasteiger partial charge in [0.2, 0.25) is 5.82 Å². The minimum Gasteiger partial charge on any atom is -0.364 e. The quantitative estimate of drug-likeness (QED) is 0.705. The van der Waals surface area contributed by atoms with E-state index in [9.17, 15) is 13.6 Å². The topological polar surface area (TPSA) is 101 Å². The van der Waals surface area contributed by atoms with Gasteiger partial charge in [0.1, 0.15) is 5.82 Å². The van der Waals surface area contributed by atoms with Crippen molar-refractivity contribution in [2.24, 2.45) is 0 Å². The summed E-state index contributed by atoms with van der Waals surface area (Å²) in [6, 6.07) is 3.13. The van der Waals surface area contributed by atoms with Crippen molar-refractivity contribution in [3.63, 3.8) is 0 Å². The molecule has 0 saturated heterocycles. The van der Waals surface area contributed by atoms with Gasteiger partial charge in [-0.05, 0) is 30.5 Å². The van der Waals surface area contributed by atoms with E-state index in [-0.39, 0.29) is 17.8 Å². The fourth-order valence-corrected chi connectivity index (χ4v) is 2.68. The van der Waals surface area contributed by atoms with Crippen molar-refractivity contribution in [1.29, 1.82) is 0 Å². The number of hydrogen-bond acceptors (Lipinski definition) is 6. The average Bonchev–Trinajstić information content (AvgIpc) is 3.03. The lowest BCUT2D eigenvalue weighted by Gasteiger charge is -2.11. The van der Waals surface area contributed by atoms with Crippen LogP contribution in [0.5, 0.6) is 0 Å². The molecular weight excluding hydrogens is 332 g/mol. The number of alkyl halides is 2. The van der Waals surface area contributed by atoms with Gasteiger partial charge >= 0.3 is 0 Å². The van der Waals surface area contributed by atoms with Crippen LogP contribution in [0, 0.1) is 0 Å². The summed E-state index contributed by atoms with van der Waals surface area (Å²) in [6.07, 6.45) is -1.40. The van der Waals surface area contributed by atoms with Crippen LogP contribution in [-0.2, 0) is 19.4 Å². The summed E-state index contributed by atoms with van der Waals surface area (Å²) < 4.78 is 26.8. The van der Waals surface area contributed by atoms with E-state index in [1.54, 1.807) is 6.07 Å². The van der Waals surface area contributed by atoms with Crippen molar-refractivity contribution >= 4 is 11.5 Å². The molecule has 0 aliphatic carbocycles. The van der Waals surface area contributed by atoms with Gasteiger partial charge in [-0.3, -0.25) is 4.79 Å². The van der Waals surface area contributed by atoms with E-state index < -0.39 is 12.2 Å². The summed E-state index contributed by atoms with van der Waals surface area (Å²) >= 11 is 0. The Morgan fingerprint density at radius 2 is 2.00 bits per heavy atom. The average molecular weight is 349 g/mol. The lowest BCUT2D eigenvalue weighted by atomic mass is 10.0. The highest BCUT2D eigenvalue weighted by Crippen LogP contribution is 2.18. The molecule has 0 spiro atoms. The first-order valence-corrected chi connectivity index (χ1v) is 7.88. The molecule has 132 valence electrons. The molecule has 2 N–H and O–H groups in total. The number of H-pyrrole nitrogens is 1. The van der Waals surface area contributed by atoms with Crippen LogP contribution in [-0.4, -0.2) is 30.0 Å². The van der Waals surface area contributed by atoms with Crippen molar-refractivity contribution in [3.05, 3.63) is 45.1 Å². The molecule has 0 aromatic carbocycles. The van der Waals surface area contributed by atoms with Crippen LogP contribution in [0.1, 0.15) is 42.9 Å². The van der Waals surface area contributed by atoms with Crippen LogP contribution in [0.2, 0.25) is 0 Å². The largest absolute Gasteiger partial charge is 0.364 e.